The smallest absolute Gasteiger partial charge is 0.223 e. The monoisotopic (exact) mass is 308 g/mol. The highest BCUT2D eigenvalue weighted by atomic mass is 16.5. The summed E-state index contributed by atoms with van der Waals surface area (Å²) in [6.45, 7) is 1.85. The van der Waals surface area contributed by atoms with Gasteiger partial charge in [0, 0.05) is 18.9 Å². The predicted octanol–water partition coefficient (Wildman–Crippen LogP) is 2.69. The molecule has 3 rings (SSSR count). The Labute approximate surface area is 135 Å². The molecule has 117 valence electrons. The minimum atomic E-state index is -0.630. The van der Waals surface area contributed by atoms with Crippen LogP contribution in [0.25, 0.3) is 0 Å². The van der Waals surface area contributed by atoms with Crippen molar-refractivity contribution in [2.45, 2.75) is 25.4 Å². The third-order valence-electron chi connectivity index (χ3n) is 4.12. The average Bonchev–Trinajstić information content (AvgIpc) is 2.99. The van der Waals surface area contributed by atoms with Gasteiger partial charge in [0.15, 0.2) is 0 Å². The van der Waals surface area contributed by atoms with Crippen molar-refractivity contribution in [1.29, 1.82) is 0 Å². The highest BCUT2D eigenvalue weighted by Crippen LogP contribution is 2.37. The lowest BCUT2D eigenvalue weighted by Gasteiger charge is -2.31. The number of fused-ring (bicyclic) bond motifs is 1. The molecule has 1 amide bonds. The van der Waals surface area contributed by atoms with Gasteiger partial charge < -0.3 is 9.64 Å². The van der Waals surface area contributed by atoms with E-state index in [4.69, 9.17) is 4.74 Å². The molecule has 1 aliphatic rings. The van der Waals surface area contributed by atoms with E-state index < -0.39 is 6.04 Å². The highest BCUT2D eigenvalue weighted by Gasteiger charge is 2.35. The van der Waals surface area contributed by atoms with Crippen LogP contribution in [-0.4, -0.2) is 29.7 Å². The maximum absolute atomic E-state index is 12.2. The van der Waals surface area contributed by atoms with Gasteiger partial charge in [0.1, 0.15) is 18.4 Å². The summed E-state index contributed by atoms with van der Waals surface area (Å²) in [6.07, 6.45) is 2.49. The molecule has 23 heavy (non-hydrogen) atoms. The highest BCUT2D eigenvalue weighted by molar-refractivity contribution is 5.79. The molecule has 1 radical (unpaired) electrons. The van der Waals surface area contributed by atoms with Crippen LogP contribution < -0.4 is 4.74 Å². The number of hydrogen-bond acceptors (Lipinski definition) is 3. The van der Waals surface area contributed by atoms with Crippen molar-refractivity contribution in [3.63, 3.8) is 0 Å². The van der Waals surface area contributed by atoms with Gasteiger partial charge in [0.05, 0.1) is 6.04 Å². The zero-order valence-corrected chi connectivity index (χ0v) is 12.9. The summed E-state index contributed by atoms with van der Waals surface area (Å²) in [6, 6.07) is 16.4. The zero-order chi connectivity index (χ0) is 16.2. The van der Waals surface area contributed by atoms with Gasteiger partial charge in [-0.15, -0.1) is 0 Å². The molecule has 4 heteroatoms. The Morgan fingerprint density at radius 1 is 1.22 bits per heavy atom. The Bertz CT molecular complexity index is 699. The van der Waals surface area contributed by atoms with Gasteiger partial charge in [-0.3, -0.25) is 9.59 Å². The summed E-state index contributed by atoms with van der Waals surface area (Å²) in [5.41, 5.74) is 1.94. The Morgan fingerprint density at radius 3 is 2.61 bits per heavy atom. The van der Waals surface area contributed by atoms with Crippen molar-refractivity contribution < 1.29 is 14.3 Å². The quantitative estimate of drug-likeness (QED) is 0.853. The Morgan fingerprint density at radius 2 is 1.91 bits per heavy atom. The molecule has 0 aromatic heterocycles. The van der Waals surface area contributed by atoms with E-state index in [1.165, 1.54) is 6.92 Å². The van der Waals surface area contributed by atoms with Crippen LogP contribution in [0.3, 0.4) is 0 Å². The molecule has 2 aromatic carbocycles. The summed E-state index contributed by atoms with van der Waals surface area (Å²) in [5.74, 6) is 0.618. The first kappa shape index (κ1) is 15.3. The van der Waals surface area contributed by atoms with Crippen LogP contribution in [0.5, 0.6) is 5.75 Å². The molecule has 2 aromatic rings. The van der Waals surface area contributed by atoms with Crippen LogP contribution in [0.15, 0.2) is 54.6 Å². The number of ether oxygens (including phenoxy) is 1. The SMILES string of the molecule is CC(=O)N(C1COc2ccccc21)[C@H]([C]=O)Cc1ccccc1. The third kappa shape index (κ3) is 3.11. The number of carbonyl (C=O) groups excluding carboxylic acids is 2. The van der Waals surface area contributed by atoms with Gasteiger partial charge in [0.2, 0.25) is 12.2 Å². The second-order valence-corrected chi connectivity index (χ2v) is 5.61. The fourth-order valence-electron chi connectivity index (χ4n) is 3.07. The predicted molar refractivity (Wildman–Crippen MR) is 86.8 cm³/mol. The van der Waals surface area contributed by atoms with Crippen LogP contribution in [0, 0.1) is 0 Å². The summed E-state index contributed by atoms with van der Waals surface area (Å²) in [5, 5.41) is 0. The first-order valence-corrected chi connectivity index (χ1v) is 7.63. The van der Waals surface area contributed by atoms with E-state index in [2.05, 4.69) is 0 Å². The van der Waals surface area contributed by atoms with Gasteiger partial charge in [0.25, 0.3) is 0 Å². The first-order valence-electron chi connectivity index (χ1n) is 7.63. The summed E-state index contributed by atoms with van der Waals surface area (Å²) < 4.78 is 5.66. The van der Waals surface area contributed by atoms with E-state index in [1.807, 2.05) is 60.9 Å². The molecule has 0 saturated carbocycles. The molecule has 0 fully saturated rings. The van der Waals surface area contributed by atoms with Crippen LogP contribution >= 0.6 is 0 Å². The second-order valence-electron chi connectivity index (χ2n) is 5.61. The molecule has 0 aliphatic carbocycles. The molecule has 4 nitrogen and oxygen atoms in total. The molecule has 0 N–H and O–H groups in total. The Balaban J connectivity index is 1.89. The summed E-state index contributed by atoms with van der Waals surface area (Å²) in [7, 11) is 0. The number of benzene rings is 2. The molecule has 1 aliphatic heterocycles. The summed E-state index contributed by atoms with van der Waals surface area (Å²) >= 11 is 0. The molecular weight excluding hydrogens is 290 g/mol. The van der Waals surface area contributed by atoms with Crippen LogP contribution in [0.2, 0.25) is 0 Å². The maximum atomic E-state index is 12.2. The molecule has 0 bridgehead atoms. The van der Waals surface area contributed by atoms with E-state index in [0.717, 1.165) is 16.9 Å². The number of rotatable bonds is 5. The molecule has 0 spiro atoms. The van der Waals surface area contributed by atoms with Crippen LogP contribution in [0.4, 0.5) is 0 Å². The summed E-state index contributed by atoms with van der Waals surface area (Å²) in [4.78, 5) is 25.4. The molecule has 0 saturated heterocycles. The van der Waals surface area contributed by atoms with Crippen molar-refractivity contribution in [3.8, 4) is 5.75 Å². The lowest BCUT2D eigenvalue weighted by Crippen LogP contribution is -2.44. The van der Waals surface area contributed by atoms with E-state index >= 15 is 0 Å². The minimum Gasteiger partial charge on any atom is -0.491 e. The lowest BCUT2D eigenvalue weighted by molar-refractivity contribution is -0.132. The van der Waals surface area contributed by atoms with E-state index in [-0.39, 0.29) is 11.9 Å². The van der Waals surface area contributed by atoms with Crippen molar-refractivity contribution in [1.82, 2.24) is 4.90 Å². The molecule has 1 unspecified atom stereocenters. The van der Waals surface area contributed by atoms with Crippen molar-refractivity contribution in [2.24, 2.45) is 0 Å². The topological polar surface area (TPSA) is 46.6 Å². The number of para-hydroxylation sites is 1. The molecule has 1 heterocycles. The zero-order valence-electron chi connectivity index (χ0n) is 12.9. The molecular formula is C19H18NO3. The normalized spacial score (nSPS) is 17.0. The van der Waals surface area contributed by atoms with E-state index in [1.54, 1.807) is 4.90 Å². The van der Waals surface area contributed by atoms with Crippen LogP contribution in [0.1, 0.15) is 24.1 Å². The van der Waals surface area contributed by atoms with Crippen molar-refractivity contribution in [2.75, 3.05) is 6.61 Å². The van der Waals surface area contributed by atoms with Crippen LogP contribution in [-0.2, 0) is 16.0 Å². The Hall–Kier alpha value is -2.62. The standard InChI is InChI=1S/C19H18NO3/c1-14(22)20(16(12-21)11-15-7-3-2-4-8-15)18-13-23-19-10-6-5-9-17(18)19/h2-10,16,18H,11,13H2,1H3/t16-,18?/m0/s1. The van der Waals surface area contributed by atoms with E-state index in [0.29, 0.717) is 13.0 Å². The number of nitrogens with zero attached hydrogens (tertiary/aromatic N) is 1. The van der Waals surface area contributed by atoms with Gasteiger partial charge in [-0.25, -0.2) is 0 Å². The second kappa shape index (κ2) is 6.65. The number of carbonyl (C=O) groups is 1. The van der Waals surface area contributed by atoms with Crippen molar-refractivity contribution in [3.05, 3.63) is 65.7 Å². The largest absolute Gasteiger partial charge is 0.491 e. The third-order valence-corrected chi connectivity index (χ3v) is 4.12. The fraction of sp³-hybridized carbons (Fsp3) is 0.263. The van der Waals surface area contributed by atoms with Gasteiger partial charge in [-0.05, 0) is 11.6 Å². The maximum Gasteiger partial charge on any atom is 0.223 e. The number of hydrogen-bond donors (Lipinski definition) is 0. The van der Waals surface area contributed by atoms with Gasteiger partial charge in [-0.1, -0.05) is 48.5 Å². The lowest BCUT2D eigenvalue weighted by atomic mass is 10.0. The fourth-order valence-corrected chi connectivity index (χ4v) is 3.07. The average molecular weight is 308 g/mol. The number of amides is 1. The van der Waals surface area contributed by atoms with Crippen molar-refractivity contribution >= 4 is 12.2 Å². The first-order chi connectivity index (χ1) is 11.2. The van der Waals surface area contributed by atoms with Gasteiger partial charge >= 0.3 is 0 Å². The molecule has 2 atom stereocenters. The van der Waals surface area contributed by atoms with Gasteiger partial charge in [-0.2, -0.15) is 0 Å². The Kier molecular flexibility index (Phi) is 4.42. The van der Waals surface area contributed by atoms with E-state index in [9.17, 15) is 9.59 Å². The minimum absolute atomic E-state index is 0.153.